The largest absolute Gasteiger partial charge is 0.461 e. The Bertz CT molecular complexity index is 1170. The van der Waals surface area contributed by atoms with Crippen molar-refractivity contribution in [3.63, 3.8) is 0 Å². The highest BCUT2D eigenvalue weighted by Crippen LogP contribution is 2.27. The first kappa shape index (κ1) is 22.8. The van der Waals surface area contributed by atoms with Crippen LogP contribution in [0.4, 0.5) is 0 Å². The zero-order valence-electron chi connectivity index (χ0n) is 17.0. The molecular formula is C23H21Cl2NO5. The van der Waals surface area contributed by atoms with Crippen LogP contribution in [0.25, 0.3) is 11.0 Å². The summed E-state index contributed by atoms with van der Waals surface area (Å²) in [5, 5.41) is 4.44. The van der Waals surface area contributed by atoms with Crippen molar-refractivity contribution >= 4 is 46.0 Å². The molecule has 1 atom stereocenters. The second-order valence-electron chi connectivity index (χ2n) is 7.05. The maximum absolute atomic E-state index is 12.5. The minimum Gasteiger partial charge on any atom is -0.461 e. The second kappa shape index (κ2) is 9.98. The molecule has 0 aliphatic carbocycles. The Morgan fingerprint density at radius 1 is 1.10 bits per heavy atom. The molecule has 1 amide bonds. The van der Waals surface area contributed by atoms with Crippen molar-refractivity contribution in [1.29, 1.82) is 0 Å². The molecule has 0 saturated carbocycles. The molecule has 0 spiro atoms. The van der Waals surface area contributed by atoms with Crippen LogP contribution in [0.2, 0.25) is 10.0 Å². The summed E-state index contributed by atoms with van der Waals surface area (Å²) < 4.78 is 10.7. The average Bonchev–Trinajstić information content (AvgIpc) is 2.71. The van der Waals surface area contributed by atoms with Gasteiger partial charge in [0, 0.05) is 34.0 Å². The number of ether oxygens (including phenoxy) is 1. The Labute approximate surface area is 189 Å². The number of hydrogen-bond donors (Lipinski definition) is 1. The monoisotopic (exact) mass is 461 g/mol. The van der Waals surface area contributed by atoms with Crippen molar-refractivity contribution in [1.82, 2.24) is 5.32 Å². The van der Waals surface area contributed by atoms with Gasteiger partial charge in [0.05, 0.1) is 12.5 Å². The van der Waals surface area contributed by atoms with Crippen LogP contribution < -0.4 is 10.9 Å². The van der Waals surface area contributed by atoms with Gasteiger partial charge in [-0.2, -0.15) is 0 Å². The van der Waals surface area contributed by atoms with Crippen LogP contribution in [0.15, 0.2) is 51.7 Å². The summed E-state index contributed by atoms with van der Waals surface area (Å²) in [7, 11) is 0. The van der Waals surface area contributed by atoms with E-state index < -0.39 is 17.6 Å². The number of esters is 1. The number of carbonyl (C=O) groups excluding carboxylic acids is 2. The fourth-order valence-corrected chi connectivity index (χ4v) is 3.68. The summed E-state index contributed by atoms with van der Waals surface area (Å²) in [4.78, 5) is 36.0. The van der Waals surface area contributed by atoms with Gasteiger partial charge < -0.3 is 14.5 Å². The lowest BCUT2D eigenvalue weighted by Gasteiger charge is -2.18. The molecular weight excluding hydrogens is 441 g/mol. The topological polar surface area (TPSA) is 85.6 Å². The van der Waals surface area contributed by atoms with E-state index in [4.69, 9.17) is 32.4 Å². The van der Waals surface area contributed by atoms with Gasteiger partial charge in [0.2, 0.25) is 5.91 Å². The number of amides is 1. The number of hydrogen-bond acceptors (Lipinski definition) is 5. The molecule has 2 aromatic carbocycles. The summed E-state index contributed by atoms with van der Waals surface area (Å²) in [6, 6.07) is 11.0. The van der Waals surface area contributed by atoms with Crippen molar-refractivity contribution in [3.05, 3.63) is 79.6 Å². The summed E-state index contributed by atoms with van der Waals surface area (Å²) >= 11 is 12.2. The van der Waals surface area contributed by atoms with E-state index in [2.05, 4.69) is 5.32 Å². The van der Waals surface area contributed by atoms with E-state index in [0.29, 0.717) is 33.0 Å². The molecule has 8 heteroatoms. The number of aryl methyl sites for hydroxylation is 1. The van der Waals surface area contributed by atoms with Gasteiger partial charge in [0.15, 0.2) is 0 Å². The predicted molar refractivity (Wildman–Crippen MR) is 119 cm³/mol. The fourth-order valence-electron chi connectivity index (χ4n) is 3.26. The number of benzene rings is 2. The highest BCUT2D eigenvalue weighted by molar-refractivity contribution is 6.32. The Morgan fingerprint density at radius 2 is 1.81 bits per heavy atom. The summed E-state index contributed by atoms with van der Waals surface area (Å²) in [6.45, 7) is 3.19. The van der Waals surface area contributed by atoms with Gasteiger partial charge >= 0.3 is 11.6 Å². The third-order valence-electron chi connectivity index (χ3n) is 4.79. The Hall–Kier alpha value is -2.83. The van der Waals surface area contributed by atoms with Crippen LogP contribution in [-0.4, -0.2) is 11.9 Å². The highest BCUT2D eigenvalue weighted by Gasteiger charge is 2.19. The molecule has 0 saturated heterocycles. The average molecular weight is 462 g/mol. The van der Waals surface area contributed by atoms with Gasteiger partial charge in [-0.1, -0.05) is 42.3 Å². The minimum atomic E-state index is -0.568. The Kier molecular flexibility index (Phi) is 7.36. The van der Waals surface area contributed by atoms with E-state index in [9.17, 15) is 14.4 Å². The van der Waals surface area contributed by atoms with Gasteiger partial charge in [0.1, 0.15) is 12.2 Å². The molecule has 3 rings (SSSR count). The Balaban J connectivity index is 1.78. The van der Waals surface area contributed by atoms with Crippen molar-refractivity contribution in [2.75, 3.05) is 0 Å². The van der Waals surface area contributed by atoms with Crippen LogP contribution in [0.1, 0.15) is 43.0 Å². The molecule has 0 bridgehead atoms. The molecule has 0 radical (unpaired) electrons. The summed E-state index contributed by atoms with van der Waals surface area (Å²) in [5.41, 5.74) is 1.91. The van der Waals surface area contributed by atoms with Gasteiger partial charge in [-0.15, -0.1) is 0 Å². The van der Waals surface area contributed by atoms with Crippen molar-refractivity contribution in [3.8, 4) is 0 Å². The smallest absolute Gasteiger partial charge is 0.336 e. The molecule has 6 nitrogen and oxygen atoms in total. The standard InChI is InChI=1S/C23H21Cl2NO5/c1-3-14-8-21-18(10-19(14)25)16(9-23(29)31-21)12-30-22(28)11-20(26-13(2)27)15-4-6-17(24)7-5-15/h4-10,20H,3,11-12H2,1-2H3,(H,26,27). The first-order valence-electron chi connectivity index (χ1n) is 9.70. The van der Waals surface area contributed by atoms with Crippen LogP contribution in [0.3, 0.4) is 0 Å². The molecule has 0 fully saturated rings. The fraction of sp³-hybridized carbons (Fsp3) is 0.261. The van der Waals surface area contributed by atoms with E-state index in [1.165, 1.54) is 13.0 Å². The summed E-state index contributed by atoms with van der Waals surface area (Å²) in [5.74, 6) is -0.813. The van der Waals surface area contributed by atoms with Crippen molar-refractivity contribution in [2.45, 2.75) is 39.3 Å². The molecule has 0 aliphatic rings. The normalized spacial score (nSPS) is 11.9. The van der Waals surface area contributed by atoms with Crippen LogP contribution in [0, 0.1) is 0 Å². The molecule has 1 N–H and O–H groups in total. The zero-order valence-corrected chi connectivity index (χ0v) is 18.5. The lowest BCUT2D eigenvalue weighted by Crippen LogP contribution is -2.28. The van der Waals surface area contributed by atoms with E-state index in [-0.39, 0.29) is 18.9 Å². The molecule has 31 heavy (non-hydrogen) atoms. The molecule has 1 heterocycles. The third kappa shape index (κ3) is 5.87. The first-order chi connectivity index (χ1) is 14.8. The predicted octanol–water partition coefficient (Wildman–Crippen LogP) is 4.97. The quantitative estimate of drug-likeness (QED) is 0.396. The first-order valence-corrected chi connectivity index (χ1v) is 10.5. The molecule has 0 aliphatic heterocycles. The maximum atomic E-state index is 12.5. The Morgan fingerprint density at radius 3 is 2.45 bits per heavy atom. The van der Waals surface area contributed by atoms with Gasteiger partial charge in [0.25, 0.3) is 0 Å². The zero-order chi connectivity index (χ0) is 22.5. The van der Waals surface area contributed by atoms with Crippen LogP contribution in [0.5, 0.6) is 0 Å². The molecule has 1 aromatic heterocycles. The van der Waals surface area contributed by atoms with Crippen molar-refractivity contribution < 1.29 is 18.7 Å². The lowest BCUT2D eigenvalue weighted by molar-refractivity contribution is -0.145. The molecule has 3 aromatic rings. The number of nitrogens with one attached hydrogen (secondary N) is 1. The highest BCUT2D eigenvalue weighted by atomic mass is 35.5. The van der Waals surface area contributed by atoms with Gasteiger partial charge in [-0.3, -0.25) is 9.59 Å². The van der Waals surface area contributed by atoms with Crippen LogP contribution in [-0.2, 0) is 27.4 Å². The van der Waals surface area contributed by atoms with Gasteiger partial charge in [-0.25, -0.2) is 4.79 Å². The second-order valence-corrected chi connectivity index (χ2v) is 7.90. The van der Waals surface area contributed by atoms with Crippen LogP contribution >= 0.6 is 23.2 Å². The van der Waals surface area contributed by atoms with Gasteiger partial charge in [-0.05, 0) is 41.8 Å². The lowest BCUT2D eigenvalue weighted by atomic mass is 10.0. The third-order valence-corrected chi connectivity index (χ3v) is 5.39. The number of rotatable bonds is 7. The van der Waals surface area contributed by atoms with E-state index >= 15 is 0 Å². The summed E-state index contributed by atoms with van der Waals surface area (Å²) in [6.07, 6.45) is 0.605. The molecule has 1 unspecified atom stereocenters. The number of fused-ring (bicyclic) bond motifs is 1. The maximum Gasteiger partial charge on any atom is 0.336 e. The molecule has 162 valence electrons. The number of halogens is 2. The minimum absolute atomic E-state index is 0.0820. The van der Waals surface area contributed by atoms with E-state index in [0.717, 1.165) is 11.1 Å². The number of carbonyl (C=O) groups is 2. The van der Waals surface area contributed by atoms with E-state index in [1.807, 2.05) is 6.92 Å². The van der Waals surface area contributed by atoms with E-state index in [1.54, 1.807) is 36.4 Å². The SMILES string of the molecule is CCc1cc2oc(=O)cc(COC(=O)CC(NC(C)=O)c3ccc(Cl)cc3)c2cc1Cl. The van der Waals surface area contributed by atoms with Crippen molar-refractivity contribution in [2.24, 2.45) is 0 Å².